The van der Waals surface area contributed by atoms with E-state index < -0.39 is 0 Å². The molecule has 0 fully saturated rings. The molecule has 0 aromatic heterocycles. The molecule has 2 N–H and O–H groups in total. The second-order valence-corrected chi connectivity index (χ2v) is 6.42. The molecule has 0 spiro atoms. The van der Waals surface area contributed by atoms with Gasteiger partial charge in [0.1, 0.15) is 5.82 Å². The Hall–Kier alpha value is -1.87. The lowest BCUT2D eigenvalue weighted by Crippen LogP contribution is -2.05. The van der Waals surface area contributed by atoms with Crippen LogP contribution in [0.5, 0.6) is 0 Å². The number of hydrogen-bond donors (Lipinski definition) is 1. The highest BCUT2D eigenvalue weighted by molar-refractivity contribution is 6.36. The molecule has 3 aromatic carbocycles. The van der Waals surface area contributed by atoms with E-state index in [-0.39, 0.29) is 5.82 Å². The first-order valence-corrected chi connectivity index (χ1v) is 8.35. The molecule has 24 heavy (non-hydrogen) atoms. The zero-order valence-corrected chi connectivity index (χ0v) is 14.4. The molecule has 0 saturated heterocycles. The molecule has 0 aliphatic heterocycles. The Bertz CT molecular complexity index is 860. The van der Waals surface area contributed by atoms with Crippen molar-refractivity contribution in [3.8, 4) is 11.1 Å². The van der Waals surface area contributed by atoms with Gasteiger partial charge in [-0.25, -0.2) is 4.39 Å². The molecular weight excluding hydrogens is 344 g/mol. The fourth-order valence-corrected chi connectivity index (χ4v) is 3.33. The lowest BCUT2D eigenvalue weighted by molar-refractivity contribution is 0.627. The Kier molecular flexibility index (Phi) is 5.20. The summed E-state index contributed by atoms with van der Waals surface area (Å²) >= 11 is 12.3. The van der Waals surface area contributed by atoms with Crippen molar-refractivity contribution in [2.45, 2.75) is 13.0 Å². The van der Waals surface area contributed by atoms with E-state index in [2.05, 4.69) is 0 Å². The first-order valence-electron chi connectivity index (χ1n) is 7.59. The van der Waals surface area contributed by atoms with Crippen LogP contribution < -0.4 is 5.73 Å². The van der Waals surface area contributed by atoms with E-state index in [4.69, 9.17) is 28.9 Å². The van der Waals surface area contributed by atoms with Crippen molar-refractivity contribution in [3.63, 3.8) is 0 Å². The molecule has 122 valence electrons. The normalized spacial score (nSPS) is 10.8. The Morgan fingerprint density at radius 3 is 2.29 bits per heavy atom. The van der Waals surface area contributed by atoms with Crippen molar-refractivity contribution in [3.05, 3.63) is 93.2 Å². The summed E-state index contributed by atoms with van der Waals surface area (Å²) in [6.07, 6.45) is 0.686. The average molecular weight is 360 g/mol. The quantitative estimate of drug-likeness (QED) is 0.621. The van der Waals surface area contributed by atoms with Crippen molar-refractivity contribution in [1.29, 1.82) is 0 Å². The number of nitrogens with two attached hydrogens (primary N) is 1. The minimum Gasteiger partial charge on any atom is -0.326 e. The fourth-order valence-electron chi connectivity index (χ4n) is 2.82. The van der Waals surface area contributed by atoms with Gasteiger partial charge in [0, 0.05) is 22.2 Å². The summed E-state index contributed by atoms with van der Waals surface area (Å²) in [5.41, 5.74) is 11.1. The maximum Gasteiger partial charge on any atom is 0.123 e. The standard InChI is InChI=1S/C20H16Cl2FN/c21-15-6-9-18(20(22)11-15)17-3-1-2-14(19(17)12-24)10-13-4-7-16(23)8-5-13/h1-9,11H,10,12,24H2. The van der Waals surface area contributed by atoms with E-state index in [0.717, 1.165) is 27.8 Å². The molecule has 0 amide bonds. The van der Waals surface area contributed by atoms with Crippen LogP contribution in [0.2, 0.25) is 10.0 Å². The third kappa shape index (κ3) is 3.62. The summed E-state index contributed by atoms with van der Waals surface area (Å²) in [6, 6.07) is 18.0. The van der Waals surface area contributed by atoms with E-state index >= 15 is 0 Å². The molecular formula is C20H16Cl2FN. The Morgan fingerprint density at radius 2 is 1.62 bits per heavy atom. The lowest BCUT2D eigenvalue weighted by Gasteiger charge is -2.15. The van der Waals surface area contributed by atoms with Gasteiger partial charge in [-0.1, -0.05) is 59.6 Å². The summed E-state index contributed by atoms with van der Waals surface area (Å²) < 4.78 is 13.1. The van der Waals surface area contributed by atoms with E-state index in [1.54, 1.807) is 18.2 Å². The molecule has 0 bridgehead atoms. The monoisotopic (exact) mass is 359 g/mol. The first kappa shape index (κ1) is 17.0. The molecule has 0 atom stereocenters. The van der Waals surface area contributed by atoms with Gasteiger partial charge in [-0.2, -0.15) is 0 Å². The van der Waals surface area contributed by atoms with Gasteiger partial charge in [0.25, 0.3) is 0 Å². The van der Waals surface area contributed by atoms with Crippen molar-refractivity contribution in [1.82, 2.24) is 0 Å². The zero-order valence-electron chi connectivity index (χ0n) is 12.9. The van der Waals surface area contributed by atoms with Crippen LogP contribution >= 0.6 is 23.2 Å². The molecule has 0 saturated carbocycles. The van der Waals surface area contributed by atoms with Gasteiger partial charge < -0.3 is 5.73 Å². The largest absolute Gasteiger partial charge is 0.326 e. The molecule has 0 heterocycles. The molecule has 0 unspecified atom stereocenters. The minimum absolute atomic E-state index is 0.237. The zero-order chi connectivity index (χ0) is 17.1. The van der Waals surface area contributed by atoms with Crippen LogP contribution in [0.15, 0.2) is 60.7 Å². The molecule has 4 heteroatoms. The van der Waals surface area contributed by atoms with Crippen molar-refractivity contribution < 1.29 is 4.39 Å². The summed E-state index contributed by atoms with van der Waals surface area (Å²) in [5, 5.41) is 1.19. The Labute approximate surface area is 150 Å². The van der Waals surface area contributed by atoms with Crippen LogP contribution in [0, 0.1) is 5.82 Å². The number of benzene rings is 3. The Balaban J connectivity index is 2.04. The summed E-state index contributed by atoms with van der Waals surface area (Å²) in [5.74, 6) is -0.237. The van der Waals surface area contributed by atoms with E-state index in [1.165, 1.54) is 12.1 Å². The van der Waals surface area contributed by atoms with Crippen LogP contribution in [0.3, 0.4) is 0 Å². The molecule has 3 rings (SSSR count). The smallest absolute Gasteiger partial charge is 0.123 e. The number of hydrogen-bond acceptors (Lipinski definition) is 1. The number of halogens is 3. The highest BCUT2D eigenvalue weighted by atomic mass is 35.5. The minimum atomic E-state index is -0.237. The van der Waals surface area contributed by atoms with Gasteiger partial charge in [-0.3, -0.25) is 0 Å². The summed E-state index contributed by atoms with van der Waals surface area (Å²) in [6.45, 7) is 0.395. The van der Waals surface area contributed by atoms with Crippen molar-refractivity contribution >= 4 is 23.2 Å². The van der Waals surface area contributed by atoms with Gasteiger partial charge in [0.2, 0.25) is 0 Å². The highest BCUT2D eigenvalue weighted by Gasteiger charge is 2.12. The summed E-state index contributed by atoms with van der Waals surface area (Å²) in [4.78, 5) is 0. The first-order chi connectivity index (χ1) is 11.6. The molecule has 0 aliphatic carbocycles. The second-order valence-electron chi connectivity index (χ2n) is 5.57. The lowest BCUT2D eigenvalue weighted by atomic mass is 9.92. The van der Waals surface area contributed by atoms with Gasteiger partial charge in [-0.05, 0) is 52.9 Å². The molecule has 0 aliphatic rings. The van der Waals surface area contributed by atoms with Gasteiger partial charge in [0.05, 0.1) is 0 Å². The van der Waals surface area contributed by atoms with Gasteiger partial charge >= 0.3 is 0 Å². The molecule has 0 radical (unpaired) electrons. The molecule has 3 aromatic rings. The average Bonchev–Trinajstić information content (AvgIpc) is 2.57. The van der Waals surface area contributed by atoms with Crippen molar-refractivity contribution in [2.75, 3.05) is 0 Å². The predicted molar refractivity (Wildman–Crippen MR) is 99.0 cm³/mol. The van der Waals surface area contributed by atoms with Crippen LogP contribution in [-0.2, 0) is 13.0 Å². The van der Waals surface area contributed by atoms with Crippen LogP contribution in [0.4, 0.5) is 4.39 Å². The Morgan fingerprint density at radius 1 is 0.875 bits per heavy atom. The van der Waals surface area contributed by atoms with Gasteiger partial charge in [0.15, 0.2) is 0 Å². The highest BCUT2D eigenvalue weighted by Crippen LogP contribution is 2.34. The number of rotatable bonds is 4. The molecule has 1 nitrogen and oxygen atoms in total. The van der Waals surface area contributed by atoms with Crippen LogP contribution in [0.25, 0.3) is 11.1 Å². The topological polar surface area (TPSA) is 26.0 Å². The maximum atomic E-state index is 13.1. The SMILES string of the molecule is NCc1c(Cc2ccc(F)cc2)cccc1-c1ccc(Cl)cc1Cl. The van der Waals surface area contributed by atoms with E-state index in [1.807, 2.05) is 30.3 Å². The van der Waals surface area contributed by atoms with Crippen molar-refractivity contribution in [2.24, 2.45) is 5.73 Å². The maximum absolute atomic E-state index is 13.1. The van der Waals surface area contributed by atoms with Crippen LogP contribution in [0.1, 0.15) is 16.7 Å². The fraction of sp³-hybridized carbons (Fsp3) is 0.100. The van der Waals surface area contributed by atoms with E-state index in [9.17, 15) is 4.39 Å². The van der Waals surface area contributed by atoms with Crippen LogP contribution in [-0.4, -0.2) is 0 Å². The predicted octanol–water partition coefficient (Wildman–Crippen LogP) is 5.85. The second kappa shape index (κ2) is 7.35. The third-order valence-corrected chi connectivity index (χ3v) is 4.55. The third-order valence-electron chi connectivity index (χ3n) is 4.01. The van der Waals surface area contributed by atoms with E-state index in [0.29, 0.717) is 23.0 Å². The van der Waals surface area contributed by atoms with Gasteiger partial charge in [-0.15, -0.1) is 0 Å². The summed E-state index contributed by atoms with van der Waals surface area (Å²) in [7, 11) is 0.